The smallest absolute Gasteiger partial charge is 0.329 e. The van der Waals surface area contributed by atoms with Gasteiger partial charge in [0.05, 0.1) is 31.2 Å². The summed E-state index contributed by atoms with van der Waals surface area (Å²) in [5, 5.41) is 16.7. The van der Waals surface area contributed by atoms with Gasteiger partial charge in [-0.05, 0) is 13.0 Å². The predicted octanol–water partition coefficient (Wildman–Crippen LogP) is 0.626. The van der Waals surface area contributed by atoms with Crippen molar-refractivity contribution in [1.82, 2.24) is 24.9 Å². The highest BCUT2D eigenvalue weighted by atomic mass is 19.1. The van der Waals surface area contributed by atoms with Gasteiger partial charge in [0.1, 0.15) is 24.6 Å². The Bertz CT molecular complexity index is 1210. The molecule has 0 aliphatic carbocycles. The number of carboxylic acid groups (broad SMARTS) is 1. The molecule has 2 aliphatic rings. The first-order valence-corrected chi connectivity index (χ1v) is 9.49. The molecule has 11 nitrogen and oxygen atoms in total. The second kappa shape index (κ2) is 7.07. The van der Waals surface area contributed by atoms with E-state index < -0.39 is 29.8 Å². The fraction of sp³-hybridized carbons (Fsp3) is 0.316. The van der Waals surface area contributed by atoms with Crippen LogP contribution in [0.3, 0.4) is 0 Å². The Morgan fingerprint density at radius 2 is 2.16 bits per heavy atom. The number of halogens is 1. The number of rotatable bonds is 1. The van der Waals surface area contributed by atoms with E-state index in [1.165, 1.54) is 27.9 Å². The van der Waals surface area contributed by atoms with E-state index in [-0.39, 0.29) is 48.4 Å². The highest BCUT2D eigenvalue weighted by Crippen LogP contribution is 2.35. The van der Waals surface area contributed by atoms with Crippen LogP contribution in [-0.2, 0) is 11.3 Å². The lowest BCUT2D eigenvalue weighted by atomic mass is 10.1. The van der Waals surface area contributed by atoms with Crippen LogP contribution in [0.4, 0.5) is 10.2 Å². The second-order valence-corrected chi connectivity index (χ2v) is 7.35. The molecule has 5 rings (SSSR count). The normalized spacial score (nSPS) is 20.6. The number of nitrogens with zero attached hydrogens (tertiary/aromatic N) is 5. The van der Waals surface area contributed by atoms with Gasteiger partial charge in [-0.3, -0.25) is 4.79 Å². The molecule has 1 amide bonds. The summed E-state index contributed by atoms with van der Waals surface area (Å²) in [7, 11) is 0. The van der Waals surface area contributed by atoms with Crippen molar-refractivity contribution in [2.24, 2.45) is 0 Å². The topological polar surface area (TPSA) is 131 Å². The highest BCUT2D eigenvalue weighted by Gasteiger charge is 2.36. The quantitative estimate of drug-likeness (QED) is 0.573. The Morgan fingerprint density at radius 3 is 2.97 bits per heavy atom. The van der Waals surface area contributed by atoms with Gasteiger partial charge in [0, 0.05) is 5.56 Å². The van der Waals surface area contributed by atoms with Gasteiger partial charge in [-0.25, -0.2) is 23.7 Å². The van der Waals surface area contributed by atoms with Crippen molar-refractivity contribution in [2.45, 2.75) is 25.6 Å². The molecule has 3 aromatic rings. The van der Waals surface area contributed by atoms with Gasteiger partial charge in [-0.15, -0.1) is 0 Å². The van der Waals surface area contributed by atoms with Gasteiger partial charge in [-0.2, -0.15) is 5.10 Å². The van der Waals surface area contributed by atoms with Crippen molar-refractivity contribution >= 4 is 23.3 Å². The Hall–Kier alpha value is -3.96. The fourth-order valence-electron chi connectivity index (χ4n) is 3.59. The zero-order valence-corrected chi connectivity index (χ0v) is 16.3. The third kappa shape index (κ3) is 3.25. The number of carboxylic acids is 1. The number of carbonyl (C=O) groups is 2. The lowest BCUT2D eigenvalue weighted by Gasteiger charge is -2.35. The van der Waals surface area contributed by atoms with Crippen LogP contribution in [0.2, 0.25) is 0 Å². The zero-order chi connectivity index (χ0) is 21.7. The molecule has 0 spiro atoms. The summed E-state index contributed by atoms with van der Waals surface area (Å²) in [5.41, 5.74) is 0.793. The van der Waals surface area contributed by atoms with Crippen molar-refractivity contribution < 1.29 is 28.6 Å². The SMILES string of the molecule is C[C@@H]1COc2ncc(F)cc2CN2c3nc4c(cnn4cc3OC[C@H]2C(=O)O)C(=O)N1. The zero-order valence-electron chi connectivity index (χ0n) is 16.3. The van der Waals surface area contributed by atoms with E-state index in [9.17, 15) is 19.1 Å². The van der Waals surface area contributed by atoms with Crippen molar-refractivity contribution in [3.8, 4) is 11.6 Å². The average Bonchev–Trinajstić information content (AvgIpc) is 3.14. The summed E-state index contributed by atoms with van der Waals surface area (Å²) in [6.45, 7) is 1.62. The Morgan fingerprint density at radius 1 is 1.32 bits per heavy atom. The third-order valence-electron chi connectivity index (χ3n) is 5.10. The molecule has 2 aliphatic heterocycles. The minimum atomic E-state index is -1.14. The molecule has 5 heterocycles. The monoisotopic (exact) mass is 428 g/mol. The van der Waals surface area contributed by atoms with Crippen molar-refractivity contribution in [2.75, 3.05) is 18.1 Å². The lowest BCUT2D eigenvalue weighted by Crippen LogP contribution is -2.48. The average molecular weight is 428 g/mol. The number of anilines is 1. The van der Waals surface area contributed by atoms with Crippen LogP contribution in [0.5, 0.6) is 11.6 Å². The van der Waals surface area contributed by atoms with Crippen LogP contribution in [0.15, 0.2) is 24.7 Å². The molecule has 0 unspecified atom stereocenters. The van der Waals surface area contributed by atoms with Crippen LogP contribution in [-0.4, -0.2) is 61.9 Å². The van der Waals surface area contributed by atoms with Crippen LogP contribution in [0.25, 0.3) is 5.65 Å². The first-order chi connectivity index (χ1) is 14.9. The molecule has 2 atom stereocenters. The summed E-state index contributed by atoms with van der Waals surface area (Å²) >= 11 is 0. The van der Waals surface area contributed by atoms with Crippen molar-refractivity contribution in [3.05, 3.63) is 41.6 Å². The van der Waals surface area contributed by atoms with E-state index in [0.29, 0.717) is 5.56 Å². The number of pyridine rings is 1. The first kappa shape index (κ1) is 19.0. The number of aromatic nitrogens is 4. The summed E-state index contributed by atoms with van der Waals surface area (Å²) in [4.78, 5) is 34.7. The molecule has 160 valence electrons. The van der Waals surface area contributed by atoms with Gasteiger partial charge in [0.15, 0.2) is 23.3 Å². The Balaban J connectivity index is 1.72. The Kier molecular flexibility index (Phi) is 4.34. The summed E-state index contributed by atoms with van der Waals surface area (Å²) in [6.07, 6.45) is 3.92. The van der Waals surface area contributed by atoms with E-state index in [1.54, 1.807) is 6.92 Å². The van der Waals surface area contributed by atoms with E-state index >= 15 is 0 Å². The molecule has 0 aromatic carbocycles. The number of ether oxygens (including phenoxy) is 2. The lowest BCUT2D eigenvalue weighted by molar-refractivity contribution is -0.139. The van der Waals surface area contributed by atoms with E-state index in [1.807, 2.05) is 0 Å². The Labute approximate surface area is 174 Å². The minimum Gasteiger partial charge on any atom is -0.485 e. The number of carbonyl (C=O) groups excluding carboxylic acids is 1. The van der Waals surface area contributed by atoms with Gasteiger partial charge in [-0.1, -0.05) is 0 Å². The van der Waals surface area contributed by atoms with E-state index in [4.69, 9.17) is 9.47 Å². The summed E-state index contributed by atoms with van der Waals surface area (Å²) in [5.74, 6) is -1.51. The van der Waals surface area contributed by atoms with Crippen molar-refractivity contribution in [3.63, 3.8) is 0 Å². The van der Waals surface area contributed by atoms with Crippen molar-refractivity contribution in [1.29, 1.82) is 0 Å². The van der Waals surface area contributed by atoms with Gasteiger partial charge in [0.2, 0.25) is 5.88 Å². The number of nitrogens with one attached hydrogen (secondary N) is 1. The highest BCUT2D eigenvalue weighted by molar-refractivity contribution is 6.00. The molecule has 12 heteroatoms. The number of hydrogen-bond acceptors (Lipinski definition) is 8. The molecular weight excluding hydrogens is 411 g/mol. The summed E-state index contributed by atoms with van der Waals surface area (Å²) in [6, 6.07) is -0.256. The number of amides is 1. The molecule has 3 aromatic heterocycles. The number of aliphatic carboxylic acids is 1. The maximum Gasteiger partial charge on any atom is 0.329 e. The third-order valence-corrected chi connectivity index (χ3v) is 5.10. The predicted molar refractivity (Wildman–Crippen MR) is 103 cm³/mol. The number of fused-ring (bicyclic) bond motifs is 1. The fourth-order valence-corrected chi connectivity index (χ4v) is 3.59. The first-order valence-electron chi connectivity index (χ1n) is 9.49. The largest absolute Gasteiger partial charge is 0.485 e. The maximum atomic E-state index is 14.0. The molecule has 31 heavy (non-hydrogen) atoms. The molecule has 0 saturated carbocycles. The van der Waals surface area contributed by atoms with E-state index in [2.05, 4.69) is 20.4 Å². The molecule has 2 N–H and O–H groups in total. The second-order valence-electron chi connectivity index (χ2n) is 7.35. The van der Waals surface area contributed by atoms with Crippen LogP contribution >= 0.6 is 0 Å². The molecule has 0 fully saturated rings. The standard InChI is InChI=1S/C19H17FN6O5/c1-9-7-31-18-10(2-11(20)3-21-18)5-25-13(19(28)29)8-30-14-6-26-15(24-16(14)25)12(4-22-26)17(27)23-9/h2-4,6,9,13H,5,7-8H2,1H3,(H,23,27)(H,28,29)/t9-,13+/m1/s1. The minimum absolute atomic E-state index is 0.0458. The van der Waals surface area contributed by atoms with Crippen LogP contribution < -0.4 is 19.7 Å². The maximum absolute atomic E-state index is 14.0. The molecule has 0 saturated heterocycles. The molecular formula is C19H17FN6O5. The number of hydrogen-bond donors (Lipinski definition) is 2. The van der Waals surface area contributed by atoms with Gasteiger partial charge in [0.25, 0.3) is 5.91 Å². The summed E-state index contributed by atoms with van der Waals surface area (Å²) < 4.78 is 26.7. The van der Waals surface area contributed by atoms with Crippen LogP contribution in [0.1, 0.15) is 22.8 Å². The van der Waals surface area contributed by atoms with E-state index in [0.717, 1.165) is 6.20 Å². The molecule has 2 bridgehead atoms. The molecule has 0 radical (unpaired) electrons. The van der Waals surface area contributed by atoms with Gasteiger partial charge < -0.3 is 24.8 Å². The van der Waals surface area contributed by atoms with Crippen LogP contribution in [0, 0.1) is 5.82 Å². The van der Waals surface area contributed by atoms with Gasteiger partial charge >= 0.3 is 5.97 Å².